The van der Waals surface area contributed by atoms with E-state index in [9.17, 15) is 14.4 Å². The molecule has 21 heavy (non-hydrogen) atoms. The van der Waals surface area contributed by atoms with Gasteiger partial charge >= 0.3 is 0 Å². The van der Waals surface area contributed by atoms with Crippen LogP contribution in [0.25, 0.3) is 0 Å². The Morgan fingerprint density at radius 3 is 2.05 bits per heavy atom. The number of rotatable bonds is 3. The average molecular weight is 289 g/mol. The molecule has 2 N–H and O–H groups in total. The molecular formula is C15H19N3O3. The zero-order valence-corrected chi connectivity index (χ0v) is 12.0. The minimum absolute atomic E-state index is 0.0128. The first-order valence-electron chi connectivity index (χ1n) is 6.91. The second kappa shape index (κ2) is 6.49. The van der Waals surface area contributed by atoms with Crippen LogP contribution in [0.3, 0.4) is 0 Å². The first-order chi connectivity index (χ1) is 10.0. The third-order valence-corrected chi connectivity index (χ3v) is 3.63. The largest absolute Gasteiger partial charge is 0.338 e. The van der Waals surface area contributed by atoms with Crippen molar-refractivity contribution < 1.29 is 14.4 Å². The molecule has 1 heterocycles. The third kappa shape index (κ3) is 3.28. The van der Waals surface area contributed by atoms with Crippen molar-refractivity contribution in [3.63, 3.8) is 0 Å². The van der Waals surface area contributed by atoms with E-state index in [1.54, 1.807) is 34.1 Å². The maximum absolute atomic E-state index is 12.5. The van der Waals surface area contributed by atoms with Gasteiger partial charge in [-0.3, -0.25) is 14.4 Å². The maximum Gasteiger partial charge on any atom is 0.254 e. The monoisotopic (exact) mass is 289 g/mol. The smallest absolute Gasteiger partial charge is 0.254 e. The van der Waals surface area contributed by atoms with E-state index in [1.165, 1.54) is 6.92 Å². The number of hydrogen-bond acceptors (Lipinski definition) is 4. The Hall–Kier alpha value is -2.21. The molecule has 0 saturated carbocycles. The summed E-state index contributed by atoms with van der Waals surface area (Å²) in [5.74, 6) is -0.400. The van der Waals surface area contributed by atoms with Gasteiger partial charge in [0.25, 0.3) is 5.91 Å². The topological polar surface area (TPSA) is 83.7 Å². The average Bonchev–Trinajstić information content (AvgIpc) is 2.53. The van der Waals surface area contributed by atoms with Crippen LogP contribution in [0.4, 0.5) is 0 Å². The summed E-state index contributed by atoms with van der Waals surface area (Å²) in [5, 5.41) is 0. The predicted molar refractivity (Wildman–Crippen MR) is 78.0 cm³/mol. The van der Waals surface area contributed by atoms with Crippen LogP contribution >= 0.6 is 0 Å². The Balaban J connectivity index is 2.09. The van der Waals surface area contributed by atoms with Gasteiger partial charge in [-0.25, -0.2) is 0 Å². The van der Waals surface area contributed by atoms with Crippen molar-refractivity contribution >= 4 is 17.6 Å². The number of amides is 2. The van der Waals surface area contributed by atoms with E-state index < -0.39 is 0 Å². The molecule has 0 atom stereocenters. The van der Waals surface area contributed by atoms with Crippen LogP contribution in [-0.2, 0) is 4.79 Å². The van der Waals surface area contributed by atoms with E-state index in [0.29, 0.717) is 37.3 Å². The number of carbonyl (C=O) groups is 3. The van der Waals surface area contributed by atoms with Crippen molar-refractivity contribution in [2.45, 2.75) is 6.92 Å². The molecule has 1 aliphatic rings. The first kappa shape index (κ1) is 15.2. The van der Waals surface area contributed by atoms with Crippen molar-refractivity contribution in [1.29, 1.82) is 0 Å². The van der Waals surface area contributed by atoms with Crippen LogP contribution in [0.15, 0.2) is 24.3 Å². The zero-order chi connectivity index (χ0) is 15.4. The lowest BCUT2D eigenvalue weighted by atomic mass is 10.0. The van der Waals surface area contributed by atoms with E-state index >= 15 is 0 Å². The van der Waals surface area contributed by atoms with E-state index in [0.717, 1.165) is 0 Å². The number of nitrogens with zero attached hydrogens (tertiary/aromatic N) is 2. The lowest BCUT2D eigenvalue weighted by Crippen LogP contribution is -2.52. The number of hydrogen-bond donors (Lipinski definition) is 1. The van der Waals surface area contributed by atoms with Crippen LogP contribution in [0.2, 0.25) is 0 Å². The van der Waals surface area contributed by atoms with Crippen LogP contribution in [-0.4, -0.2) is 60.1 Å². The predicted octanol–water partition coefficient (Wildman–Crippen LogP) is 0.132. The second-order valence-corrected chi connectivity index (χ2v) is 4.98. The van der Waals surface area contributed by atoms with Gasteiger partial charge in [-0.15, -0.1) is 0 Å². The van der Waals surface area contributed by atoms with Gasteiger partial charge in [0.15, 0.2) is 5.78 Å². The highest BCUT2D eigenvalue weighted by Crippen LogP contribution is 2.14. The summed E-state index contributed by atoms with van der Waals surface area (Å²) in [6.45, 7) is 3.30. The molecule has 0 unspecified atom stereocenters. The highest BCUT2D eigenvalue weighted by Gasteiger charge is 2.25. The third-order valence-electron chi connectivity index (χ3n) is 3.63. The molecule has 0 spiro atoms. The number of ketones is 1. The molecule has 2 amide bonds. The standard InChI is InChI=1S/C15H19N3O3/c1-11(19)12-4-2-3-5-13(12)15(21)18-8-6-17(7-9-18)14(20)10-16/h2-5H,6-10,16H2,1H3. The van der Waals surface area contributed by atoms with Crippen molar-refractivity contribution in [2.75, 3.05) is 32.7 Å². The highest BCUT2D eigenvalue weighted by molar-refractivity contribution is 6.07. The van der Waals surface area contributed by atoms with Gasteiger partial charge in [-0.2, -0.15) is 0 Å². The Morgan fingerprint density at radius 1 is 1.00 bits per heavy atom. The molecule has 1 aromatic rings. The number of carbonyl (C=O) groups excluding carboxylic acids is 3. The van der Waals surface area contributed by atoms with Crippen molar-refractivity contribution in [2.24, 2.45) is 5.73 Å². The molecule has 0 aromatic heterocycles. The van der Waals surface area contributed by atoms with Crippen molar-refractivity contribution in [3.8, 4) is 0 Å². The molecule has 2 rings (SSSR count). The molecular weight excluding hydrogens is 270 g/mol. The summed E-state index contributed by atoms with van der Waals surface area (Å²) in [6.07, 6.45) is 0. The summed E-state index contributed by atoms with van der Waals surface area (Å²) < 4.78 is 0. The Kier molecular flexibility index (Phi) is 4.70. The van der Waals surface area contributed by atoms with Gasteiger partial charge in [0.05, 0.1) is 12.1 Å². The normalized spacial score (nSPS) is 15.0. The van der Waals surface area contributed by atoms with Crippen molar-refractivity contribution in [3.05, 3.63) is 35.4 Å². The molecule has 1 aromatic carbocycles. The SMILES string of the molecule is CC(=O)c1ccccc1C(=O)N1CCN(C(=O)CN)CC1. The fourth-order valence-electron chi connectivity index (χ4n) is 2.43. The van der Waals surface area contributed by atoms with Gasteiger partial charge in [-0.1, -0.05) is 18.2 Å². The van der Waals surface area contributed by atoms with Gasteiger partial charge < -0.3 is 15.5 Å². The van der Waals surface area contributed by atoms with Crippen LogP contribution in [0, 0.1) is 0 Å². The Morgan fingerprint density at radius 2 is 1.52 bits per heavy atom. The minimum atomic E-state index is -0.166. The zero-order valence-electron chi connectivity index (χ0n) is 12.0. The Bertz CT molecular complexity index is 563. The molecule has 6 nitrogen and oxygen atoms in total. The fraction of sp³-hybridized carbons (Fsp3) is 0.400. The molecule has 112 valence electrons. The van der Waals surface area contributed by atoms with E-state index in [-0.39, 0.29) is 24.1 Å². The number of Topliss-reactive ketones (excluding diaryl/α,β-unsaturated/α-hetero) is 1. The van der Waals surface area contributed by atoms with Gasteiger partial charge in [0.2, 0.25) is 5.91 Å². The van der Waals surface area contributed by atoms with E-state index in [2.05, 4.69) is 0 Å². The first-order valence-corrected chi connectivity index (χ1v) is 6.91. The van der Waals surface area contributed by atoms with Crippen LogP contribution < -0.4 is 5.73 Å². The molecule has 6 heteroatoms. The molecule has 0 bridgehead atoms. The summed E-state index contributed by atoms with van der Waals surface area (Å²) in [5.41, 5.74) is 6.19. The summed E-state index contributed by atoms with van der Waals surface area (Å²) in [7, 11) is 0. The molecule has 0 radical (unpaired) electrons. The minimum Gasteiger partial charge on any atom is -0.338 e. The van der Waals surface area contributed by atoms with Gasteiger partial charge in [-0.05, 0) is 13.0 Å². The van der Waals surface area contributed by atoms with E-state index in [1.807, 2.05) is 0 Å². The summed E-state index contributed by atoms with van der Waals surface area (Å²) >= 11 is 0. The molecule has 0 aliphatic carbocycles. The summed E-state index contributed by atoms with van der Waals surface area (Å²) in [6, 6.07) is 6.81. The van der Waals surface area contributed by atoms with Crippen molar-refractivity contribution in [1.82, 2.24) is 9.80 Å². The number of nitrogens with two attached hydrogens (primary N) is 1. The maximum atomic E-state index is 12.5. The summed E-state index contributed by atoms with van der Waals surface area (Å²) in [4.78, 5) is 38.9. The second-order valence-electron chi connectivity index (χ2n) is 4.98. The van der Waals surface area contributed by atoms with Gasteiger partial charge in [0, 0.05) is 31.7 Å². The molecule has 1 aliphatic heterocycles. The van der Waals surface area contributed by atoms with Crippen LogP contribution in [0.5, 0.6) is 0 Å². The quantitative estimate of drug-likeness (QED) is 0.802. The number of benzene rings is 1. The lowest BCUT2D eigenvalue weighted by molar-refractivity contribution is -0.131. The Labute approximate surface area is 123 Å². The van der Waals surface area contributed by atoms with Gasteiger partial charge in [0.1, 0.15) is 0 Å². The fourth-order valence-corrected chi connectivity index (χ4v) is 2.43. The number of piperazine rings is 1. The highest BCUT2D eigenvalue weighted by atomic mass is 16.2. The molecule has 1 fully saturated rings. The molecule has 1 saturated heterocycles. The van der Waals surface area contributed by atoms with Crippen LogP contribution in [0.1, 0.15) is 27.6 Å². The van der Waals surface area contributed by atoms with E-state index in [4.69, 9.17) is 5.73 Å². The lowest BCUT2D eigenvalue weighted by Gasteiger charge is -2.34.